The van der Waals surface area contributed by atoms with Gasteiger partial charge in [-0.3, -0.25) is 0 Å². The van der Waals surface area contributed by atoms with E-state index < -0.39 is 0 Å². The van der Waals surface area contributed by atoms with Crippen molar-refractivity contribution in [2.45, 2.75) is 12.8 Å². The van der Waals surface area contributed by atoms with Gasteiger partial charge in [-0.1, -0.05) is 48.5 Å². The van der Waals surface area contributed by atoms with Gasteiger partial charge in [-0.25, -0.2) is 4.39 Å². The number of phenolic OH excluding ortho intramolecular Hbond substituents is 1. The van der Waals surface area contributed by atoms with Crippen molar-refractivity contribution in [3.63, 3.8) is 0 Å². The molecule has 4 aromatic rings. The highest BCUT2D eigenvalue weighted by Crippen LogP contribution is 2.39. The third-order valence-electron chi connectivity index (χ3n) is 4.73. The zero-order valence-electron chi connectivity index (χ0n) is 13.8. The van der Waals surface area contributed by atoms with Crippen LogP contribution >= 0.6 is 0 Å². The van der Waals surface area contributed by atoms with Crippen LogP contribution in [-0.4, -0.2) is 10.1 Å². The van der Waals surface area contributed by atoms with E-state index in [4.69, 9.17) is 0 Å². The van der Waals surface area contributed by atoms with Gasteiger partial charge in [0.15, 0.2) is 0 Å². The van der Waals surface area contributed by atoms with E-state index >= 15 is 0 Å². The molecule has 0 fully saturated rings. The van der Waals surface area contributed by atoms with Crippen molar-refractivity contribution in [1.29, 1.82) is 0 Å². The summed E-state index contributed by atoms with van der Waals surface area (Å²) in [5, 5.41) is 11.3. The van der Waals surface area contributed by atoms with Crippen molar-refractivity contribution in [1.82, 2.24) is 4.98 Å². The highest BCUT2D eigenvalue weighted by Gasteiger charge is 2.24. The fraction of sp³-hybridized carbons (Fsp3) is 0.0909. The molecule has 0 saturated heterocycles. The zero-order chi connectivity index (χ0) is 17.4. The van der Waals surface area contributed by atoms with Gasteiger partial charge in [0, 0.05) is 22.2 Å². The number of halogens is 1. The average Bonchev–Trinajstić information content (AvgIpc) is 2.94. The molecule has 4 rings (SSSR count). The standard InChI is InChI=1S/C22H18FNO/c1-14-18-13-16(23)11-12-19(18)24-22(14)21(15-7-3-2-4-8-15)17-9-5-6-10-20(17)25/h2-13,21,24-25H,1H3. The summed E-state index contributed by atoms with van der Waals surface area (Å²) in [6.07, 6.45) is 0. The Morgan fingerprint density at radius 1 is 0.920 bits per heavy atom. The third-order valence-corrected chi connectivity index (χ3v) is 4.73. The second-order valence-corrected chi connectivity index (χ2v) is 6.26. The number of aryl methyl sites for hydroxylation is 1. The van der Waals surface area contributed by atoms with Gasteiger partial charge in [-0.05, 0) is 42.3 Å². The topological polar surface area (TPSA) is 36.0 Å². The van der Waals surface area contributed by atoms with E-state index in [1.165, 1.54) is 6.07 Å². The number of aromatic nitrogens is 1. The summed E-state index contributed by atoms with van der Waals surface area (Å²) in [4.78, 5) is 3.44. The van der Waals surface area contributed by atoms with E-state index in [1.54, 1.807) is 18.2 Å². The smallest absolute Gasteiger partial charge is 0.123 e. The van der Waals surface area contributed by atoms with Crippen LogP contribution in [0.3, 0.4) is 0 Å². The third kappa shape index (κ3) is 2.68. The number of fused-ring (bicyclic) bond motifs is 1. The van der Waals surface area contributed by atoms with Gasteiger partial charge in [0.05, 0.1) is 5.92 Å². The van der Waals surface area contributed by atoms with Crippen LogP contribution in [0, 0.1) is 12.7 Å². The minimum Gasteiger partial charge on any atom is -0.508 e. The summed E-state index contributed by atoms with van der Waals surface area (Å²) in [6, 6.07) is 22.2. The lowest BCUT2D eigenvalue weighted by Crippen LogP contribution is -2.05. The quantitative estimate of drug-likeness (QED) is 0.511. The maximum absolute atomic E-state index is 13.7. The number of hydrogen-bond acceptors (Lipinski definition) is 1. The van der Waals surface area contributed by atoms with Gasteiger partial charge in [-0.15, -0.1) is 0 Å². The molecule has 0 saturated carbocycles. The maximum Gasteiger partial charge on any atom is 0.123 e. The molecule has 25 heavy (non-hydrogen) atoms. The number of benzene rings is 3. The van der Waals surface area contributed by atoms with Crippen LogP contribution in [0.5, 0.6) is 5.75 Å². The lowest BCUT2D eigenvalue weighted by molar-refractivity contribution is 0.467. The maximum atomic E-state index is 13.7. The number of nitrogens with one attached hydrogen (secondary N) is 1. The predicted octanol–water partition coefficient (Wildman–Crippen LogP) is 5.50. The molecule has 0 aliphatic rings. The number of aromatic amines is 1. The highest BCUT2D eigenvalue weighted by molar-refractivity contribution is 5.85. The lowest BCUT2D eigenvalue weighted by atomic mass is 9.86. The summed E-state index contributed by atoms with van der Waals surface area (Å²) >= 11 is 0. The zero-order valence-corrected chi connectivity index (χ0v) is 13.8. The molecule has 0 aliphatic heterocycles. The number of aromatic hydroxyl groups is 1. The second kappa shape index (κ2) is 6.10. The molecule has 1 heterocycles. The highest BCUT2D eigenvalue weighted by atomic mass is 19.1. The molecule has 124 valence electrons. The van der Waals surface area contributed by atoms with Crippen LogP contribution < -0.4 is 0 Å². The average molecular weight is 331 g/mol. The molecule has 1 unspecified atom stereocenters. The second-order valence-electron chi connectivity index (χ2n) is 6.26. The van der Waals surface area contributed by atoms with Crippen LogP contribution in [0.15, 0.2) is 72.8 Å². The van der Waals surface area contributed by atoms with Gasteiger partial charge < -0.3 is 10.1 Å². The molecule has 0 amide bonds. The Morgan fingerprint density at radius 2 is 1.64 bits per heavy atom. The normalized spacial score (nSPS) is 12.4. The van der Waals surface area contributed by atoms with E-state index in [-0.39, 0.29) is 17.5 Å². The van der Waals surface area contributed by atoms with Crippen LogP contribution in [0.2, 0.25) is 0 Å². The molecular formula is C22H18FNO. The molecule has 3 heteroatoms. The fourth-order valence-electron chi connectivity index (χ4n) is 3.49. The monoisotopic (exact) mass is 331 g/mol. The molecule has 0 spiro atoms. The summed E-state index contributed by atoms with van der Waals surface area (Å²) in [5.41, 5.74) is 4.74. The Labute approximate surface area is 145 Å². The van der Waals surface area contributed by atoms with Gasteiger partial charge in [0.2, 0.25) is 0 Å². The first-order valence-corrected chi connectivity index (χ1v) is 8.25. The molecule has 0 bridgehead atoms. The van der Waals surface area contributed by atoms with E-state index in [9.17, 15) is 9.50 Å². The fourth-order valence-corrected chi connectivity index (χ4v) is 3.49. The van der Waals surface area contributed by atoms with Crippen molar-refractivity contribution in [3.05, 3.63) is 101 Å². The SMILES string of the molecule is Cc1c(C(c2ccccc2)c2ccccc2O)[nH]c2ccc(F)cc12. The Balaban J connectivity index is 1.99. The van der Waals surface area contributed by atoms with Gasteiger partial charge in [-0.2, -0.15) is 0 Å². The number of phenols is 1. The van der Waals surface area contributed by atoms with E-state index in [1.807, 2.05) is 55.5 Å². The molecule has 0 aliphatic carbocycles. The van der Waals surface area contributed by atoms with Crippen LogP contribution in [0.4, 0.5) is 4.39 Å². The Kier molecular flexibility index (Phi) is 3.77. The van der Waals surface area contributed by atoms with Crippen molar-refractivity contribution >= 4 is 10.9 Å². The van der Waals surface area contributed by atoms with Gasteiger partial charge >= 0.3 is 0 Å². The molecule has 3 aromatic carbocycles. The molecule has 2 N–H and O–H groups in total. The summed E-state index contributed by atoms with van der Waals surface area (Å²) < 4.78 is 13.7. The lowest BCUT2D eigenvalue weighted by Gasteiger charge is -2.19. The number of H-pyrrole nitrogens is 1. The summed E-state index contributed by atoms with van der Waals surface area (Å²) in [6.45, 7) is 1.99. The first-order valence-electron chi connectivity index (χ1n) is 8.25. The molecule has 1 atom stereocenters. The molecular weight excluding hydrogens is 313 g/mol. The first-order chi connectivity index (χ1) is 12.1. The summed E-state index contributed by atoms with van der Waals surface area (Å²) in [7, 11) is 0. The molecule has 1 aromatic heterocycles. The summed E-state index contributed by atoms with van der Waals surface area (Å²) in [5.74, 6) is -0.154. The number of para-hydroxylation sites is 1. The van der Waals surface area contributed by atoms with Crippen LogP contribution in [0.25, 0.3) is 10.9 Å². The Hall–Kier alpha value is -3.07. The Morgan fingerprint density at radius 3 is 2.40 bits per heavy atom. The predicted molar refractivity (Wildman–Crippen MR) is 98.5 cm³/mol. The van der Waals surface area contributed by atoms with Crippen molar-refractivity contribution < 1.29 is 9.50 Å². The number of rotatable bonds is 3. The molecule has 2 nitrogen and oxygen atoms in total. The minimum atomic E-state index is -0.250. The van der Waals surface area contributed by atoms with Gasteiger partial charge in [0.1, 0.15) is 11.6 Å². The van der Waals surface area contributed by atoms with Crippen LogP contribution in [0.1, 0.15) is 28.3 Å². The van der Waals surface area contributed by atoms with Crippen LogP contribution in [-0.2, 0) is 0 Å². The van der Waals surface area contributed by atoms with Crippen molar-refractivity contribution in [2.24, 2.45) is 0 Å². The van der Waals surface area contributed by atoms with E-state index in [0.717, 1.165) is 33.3 Å². The Bertz CT molecular complexity index is 1040. The van der Waals surface area contributed by atoms with Gasteiger partial charge in [0.25, 0.3) is 0 Å². The molecule has 0 radical (unpaired) electrons. The number of hydrogen-bond donors (Lipinski definition) is 2. The van der Waals surface area contributed by atoms with Crippen molar-refractivity contribution in [2.75, 3.05) is 0 Å². The largest absolute Gasteiger partial charge is 0.508 e. The van der Waals surface area contributed by atoms with E-state index in [2.05, 4.69) is 4.98 Å². The van der Waals surface area contributed by atoms with E-state index in [0.29, 0.717) is 0 Å². The first kappa shape index (κ1) is 15.5. The minimum absolute atomic E-state index is 0.155. The van der Waals surface area contributed by atoms with Crippen molar-refractivity contribution in [3.8, 4) is 5.75 Å².